The summed E-state index contributed by atoms with van der Waals surface area (Å²) in [6.45, 7) is 5.82. The zero-order valence-electron chi connectivity index (χ0n) is 20.7. The van der Waals surface area contributed by atoms with E-state index >= 15 is 0 Å². The third-order valence-electron chi connectivity index (χ3n) is 8.36. The van der Waals surface area contributed by atoms with Gasteiger partial charge in [-0.1, -0.05) is 44.2 Å². The van der Waals surface area contributed by atoms with Crippen molar-refractivity contribution in [2.75, 3.05) is 13.1 Å². The Morgan fingerprint density at radius 1 is 1.11 bits per heavy atom. The van der Waals surface area contributed by atoms with Crippen molar-refractivity contribution in [1.82, 2.24) is 25.0 Å². The number of halogens is 2. The van der Waals surface area contributed by atoms with Crippen molar-refractivity contribution in [3.63, 3.8) is 0 Å². The maximum Gasteiger partial charge on any atom is 0.249 e. The van der Waals surface area contributed by atoms with E-state index in [-0.39, 0.29) is 24.7 Å². The van der Waals surface area contributed by atoms with Crippen molar-refractivity contribution in [3.8, 4) is 0 Å². The molecule has 0 spiro atoms. The molecule has 2 unspecified atom stereocenters. The first-order valence-electron chi connectivity index (χ1n) is 13.2. The molecule has 5 rings (SSSR count). The van der Waals surface area contributed by atoms with Gasteiger partial charge < -0.3 is 9.88 Å². The van der Waals surface area contributed by atoms with Crippen LogP contribution in [0.3, 0.4) is 0 Å². The second-order valence-corrected chi connectivity index (χ2v) is 11.1. The molecule has 3 fully saturated rings. The average molecular weight is 486 g/mol. The Kier molecular flexibility index (Phi) is 6.93. The van der Waals surface area contributed by atoms with Gasteiger partial charge in [-0.3, -0.25) is 9.69 Å². The second kappa shape index (κ2) is 9.96. The molecule has 2 aliphatic heterocycles. The lowest BCUT2D eigenvalue weighted by molar-refractivity contribution is -0.150. The second-order valence-electron chi connectivity index (χ2n) is 11.1. The topological polar surface area (TPSA) is 63.1 Å². The SMILES string of the molecule is CC(C)c1nncn1C1C[C@H]2CC[C@@H](C1)N2CCC(CNC(=O)C1CC(F)(F)C1)c1ccccc1. The number of hydrogen-bond acceptors (Lipinski definition) is 4. The smallest absolute Gasteiger partial charge is 0.249 e. The Hall–Kier alpha value is -2.35. The summed E-state index contributed by atoms with van der Waals surface area (Å²) < 4.78 is 28.7. The molecule has 8 heteroatoms. The van der Waals surface area contributed by atoms with Crippen molar-refractivity contribution in [3.05, 3.63) is 48.0 Å². The van der Waals surface area contributed by atoms with Crippen LogP contribution in [0.4, 0.5) is 8.78 Å². The van der Waals surface area contributed by atoms with E-state index in [4.69, 9.17) is 0 Å². The maximum absolute atomic E-state index is 13.2. The number of alkyl halides is 2. The van der Waals surface area contributed by atoms with Gasteiger partial charge in [-0.25, -0.2) is 8.78 Å². The van der Waals surface area contributed by atoms with E-state index in [1.807, 2.05) is 24.5 Å². The zero-order chi connectivity index (χ0) is 24.6. The molecule has 1 aromatic carbocycles. The number of aromatic nitrogens is 3. The molecule has 35 heavy (non-hydrogen) atoms. The van der Waals surface area contributed by atoms with Gasteiger partial charge in [0.15, 0.2) is 0 Å². The summed E-state index contributed by atoms with van der Waals surface area (Å²) in [6, 6.07) is 11.8. The van der Waals surface area contributed by atoms with Crippen LogP contribution in [0.2, 0.25) is 0 Å². The number of fused-ring (bicyclic) bond motifs is 2. The summed E-state index contributed by atoms with van der Waals surface area (Å²) in [4.78, 5) is 15.1. The molecular formula is C27H37F2N5O. The number of amides is 1. The van der Waals surface area contributed by atoms with Gasteiger partial charge in [-0.15, -0.1) is 10.2 Å². The van der Waals surface area contributed by atoms with Crippen LogP contribution in [0.25, 0.3) is 0 Å². The molecule has 190 valence electrons. The van der Waals surface area contributed by atoms with Crippen LogP contribution >= 0.6 is 0 Å². The fraction of sp³-hybridized carbons (Fsp3) is 0.667. The molecule has 1 aliphatic carbocycles. The Morgan fingerprint density at radius 3 is 2.43 bits per heavy atom. The van der Waals surface area contributed by atoms with Gasteiger partial charge >= 0.3 is 0 Å². The van der Waals surface area contributed by atoms with Gasteiger partial charge in [-0.2, -0.15) is 0 Å². The zero-order valence-corrected chi connectivity index (χ0v) is 20.7. The van der Waals surface area contributed by atoms with Crippen LogP contribution in [0.15, 0.2) is 36.7 Å². The molecule has 0 radical (unpaired) electrons. The number of carbonyl (C=O) groups excluding carboxylic acids is 1. The third-order valence-corrected chi connectivity index (χ3v) is 8.36. The highest BCUT2D eigenvalue weighted by Crippen LogP contribution is 2.43. The molecule has 3 heterocycles. The molecule has 1 amide bonds. The van der Waals surface area contributed by atoms with E-state index in [2.05, 4.69) is 51.0 Å². The maximum atomic E-state index is 13.2. The minimum atomic E-state index is -2.67. The fourth-order valence-corrected chi connectivity index (χ4v) is 6.42. The Morgan fingerprint density at radius 2 is 1.80 bits per heavy atom. The van der Waals surface area contributed by atoms with Gasteiger partial charge in [0.25, 0.3) is 0 Å². The molecule has 2 aromatic rings. The highest BCUT2D eigenvalue weighted by atomic mass is 19.3. The van der Waals surface area contributed by atoms with Crippen molar-refractivity contribution < 1.29 is 13.6 Å². The Labute approximate surface area is 206 Å². The van der Waals surface area contributed by atoms with Crippen molar-refractivity contribution >= 4 is 5.91 Å². The first-order valence-corrected chi connectivity index (χ1v) is 13.2. The summed E-state index contributed by atoms with van der Waals surface area (Å²) in [5, 5.41) is 11.5. The summed E-state index contributed by atoms with van der Waals surface area (Å²) >= 11 is 0. The van der Waals surface area contributed by atoms with Gasteiger partial charge in [0.05, 0.1) is 0 Å². The highest BCUT2D eigenvalue weighted by Gasteiger charge is 2.48. The normalized spacial score (nSPS) is 27.1. The largest absolute Gasteiger partial charge is 0.355 e. The van der Waals surface area contributed by atoms with E-state index in [1.165, 1.54) is 18.4 Å². The van der Waals surface area contributed by atoms with Gasteiger partial charge in [0.2, 0.25) is 11.8 Å². The number of nitrogens with one attached hydrogen (secondary N) is 1. The standard InChI is InChI=1S/C27H37F2N5O/c1-18(2)25-32-31-17-34(25)24-12-22-8-9-23(13-24)33(22)11-10-20(19-6-4-3-5-7-19)16-30-26(35)21-14-27(28,29)15-21/h3-7,17-18,20-24H,8-16H2,1-2H3,(H,30,35)/t20?,22-,23+,24?. The van der Waals surface area contributed by atoms with E-state index in [0.29, 0.717) is 30.6 Å². The fourth-order valence-electron chi connectivity index (χ4n) is 6.42. The average Bonchev–Trinajstić information content (AvgIpc) is 3.40. The molecule has 1 saturated carbocycles. The summed E-state index contributed by atoms with van der Waals surface area (Å²) in [5.41, 5.74) is 1.19. The molecule has 2 saturated heterocycles. The first kappa shape index (κ1) is 24.3. The quantitative estimate of drug-likeness (QED) is 0.549. The van der Waals surface area contributed by atoms with E-state index in [0.717, 1.165) is 31.6 Å². The van der Waals surface area contributed by atoms with E-state index < -0.39 is 11.8 Å². The number of nitrogens with zero attached hydrogens (tertiary/aromatic N) is 4. The molecule has 1 aromatic heterocycles. The molecule has 2 bridgehead atoms. The van der Waals surface area contributed by atoms with Crippen LogP contribution in [0.5, 0.6) is 0 Å². The van der Waals surface area contributed by atoms with E-state index in [9.17, 15) is 13.6 Å². The predicted octanol–water partition coefficient (Wildman–Crippen LogP) is 4.90. The van der Waals surface area contributed by atoms with Crippen LogP contribution < -0.4 is 5.32 Å². The first-order chi connectivity index (χ1) is 16.8. The number of hydrogen-bond donors (Lipinski definition) is 1. The van der Waals surface area contributed by atoms with Gasteiger partial charge in [-0.05, 0) is 44.2 Å². The minimum absolute atomic E-state index is 0.170. The van der Waals surface area contributed by atoms with Gasteiger partial charge in [0.1, 0.15) is 12.2 Å². The van der Waals surface area contributed by atoms with Crippen LogP contribution in [0, 0.1) is 5.92 Å². The molecular weight excluding hydrogens is 448 g/mol. The summed E-state index contributed by atoms with van der Waals surface area (Å²) in [7, 11) is 0. The number of rotatable bonds is 9. The third kappa shape index (κ3) is 5.27. The minimum Gasteiger partial charge on any atom is -0.355 e. The number of carbonyl (C=O) groups is 1. The van der Waals surface area contributed by atoms with Crippen LogP contribution in [-0.4, -0.2) is 56.7 Å². The van der Waals surface area contributed by atoms with Crippen LogP contribution in [-0.2, 0) is 4.79 Å². The van der Waals surface area contributed by atoms with Crippen molar-refractivity contribution in [1.29, 1.82) is 0 Å². The number of piperidine rings is 1. The van der Waals surface area contributed by atoms with Crippen LogP contribution in [0.1, 0.15) is 88.1 Å². The Balaban J connectivity index is 1.20. The predicted molar refractivity (Wildman–Crippen MR) is 130 cm³/mol. The van der Waals surface area contributed by atoms with Crippen molar-refractivity contribution in [2.45, 2.75) is 94.7 Å². The molecule has 6 nitrogen and oxygen atoms in total. The highest BCUT2D eigenvalue weighted by molar-refractivity contribution is 5.79. The molecule has 1 N–H and O–H groups in total. The van der Waals surface area contributed by atoms with E-state index in [1.54, 1.807) is 0 Å². The summed E-state index contributed by atoms with van der Waals surface area (Å²) in [5.74, 6) is -1.84. The monoisotopic (exact) mass is 485 g/mol. The molecule has 3 aliphatic rings. The lowest BCUT2D eigenvalue weighted by Crippen LogP contribution is -2.46. The van der Waals surface area contributed by atoms with Gasteiger partial charge in [0, 0.05) is 55.3 Å². The lowest BCUT2D eigenvalue weighted by atomic mass is 9.80. The molecule has 4 atom stereocenters. The summed E-state index contributed by atoms with van der Waals surface area (Å²) in [6.07, 6.45) is 6.89. The Bertz CT molecular complexity index is 988. The number of benzene rings is 1. The van der Waals surface area contributed by atoms with Crippen molar-refractivity contribution in [2.24, 2.45) is 5.92 Å². The lowest BCUT2D eigenvalue weighted by Gasteiger charge is -2.40.